The van der Waals surface area contributed by atoms with Crippen LogP contribution >= 0.6 is 0 Å². The molecule has 3 aromatic rings. The number of ether oxygens (including phenoxy) is 2. The van der Waals surface area contributed by atoms with E-state index < -0.39 is 6.04 Å². The van der Waals surface area contributed by atoms with Crippen LogP contribution in [0.1, 0.15) is 68.3 Å². The Balaban J connectivity index is 1.72. The first-order valence-corrected chi connectivity index (χ1v) is 12.1. The third-order valence-corrected chi connectivity index (χ3v) is 6.01. The normalized spacial score (nSPS) is 15.5. The summed E-state index contributed by atoms with van der Waals surface area (Å²) in [7, 11) is 0. The largest absolute Gasteiger partial charge is 0.494 e. The van der Waals surface area contributed by atoms with Gasteiger partial charge in [0.25, 0.3) is 5.91 Å². The monoisotopic (exact) mass is 463 g/mol. The van der Waals surface area contributed by atoms with Gasteiger partial charge in [-0.05, 0) is 62.4 Å². The third kappa shape index (κ3) is 5.02. The predicted molar refractivity (Wildman–Crippen MR) is 132 cm³/mol. The van der Waals surface area contributed by atoms with Crippen molar-refractivity contribution in [3.63, 3.8) is 0 Å². The Labute approximate surface area is 200 Å². The molecule has 180 valence electrons. The van der Waals surface area contributed by atoms with Gasteiger partial charge in [-0.25, -0.2) is 0 Å². The van der Waals surface area contributed by atoms with Gasteiger partial charge in [0.1, 0.15) is 11.3 Å². The fourth-order valence-corrected chi connectivity index (χ4v) is 4.29. The molecule has 4 rings (SSSR count). The minimum absolute atomic E-state index is 0.121. The molecule has 0 unspecified atom stereocenters. The molecule has 0 aliphatic carbocycles. The molecule has 0 saturated carbocycles. The van der Waals surface area contributed by atoms with Crippen LogP contribution in [0, 0.1) is 5.92 Å². The van der Waals surface area contributed by atoms with Crippen molar-refractivity contribution in [2.75, 3.05) is 19.8 Å². The van der Waals surface area contributed by atoms with Crippen molar-refractivity contribution in [2.45, 2.75) is 52.7 Å². The number of benzene rings is 2. The van der Waals surface area contributed by atoms with Crippen molar-refractivity contribution >= 4 is 16.9 Å². The minimum atomic E-state index is -0.531. The summed E-state index contributed by atoms with van der Waals surface area (Å²) < 4.78 is 17.6. The molecule has 0 bridgehead atoms. The van der Waals surface area contributed by atoms with Gasteiger partial charge in [0.15, 0.2) is 5.43 Å². The maximum atomic E-state index is 13.6. The summed E-state index contributed by atoms with van der Waals surface area (Å²) >= 11 is 0. The molecule has 0 spiro atoms. The van der Waals surface area contributed by atoms with Crippen molar-refractivity contribution in [1.29, 1.82) is 0 Å². The zero-order valence-electron chi connectivity index (χ0n) is 20.4. The molecule has 1 aliphatic rings. The molecule has 0 N–H and O–H groups in total. The van der Waals surface area contributed by atoms with Gasteiger partial charge >= 0.3 is 0 Å². The predicted octanol–water partition coefficient (Wildman–Crippen LogP) is 5.58. The lowest BCUT2D eigenvalue weighted by atomic mass is 9.98. The molecular formula is C28H33NO5. The molecule has 34 heavy (non-hydrogen) atoms. The van der Waals surface area contributed by atoms with Crippen LogP contribution < -0.4 is 10.2 Å². The van der Waals surface area contributed by atoms with E-state index in [9.17, 15) is 9.59 Å². The van der Waals surface area contributed by atoms with E-state index in [-0.39, 0.29) is 23.2 Å². The van der Waals surface area contributed by atoms with Gasteiger partial charge < -0.3 is 18.8 Å². The van der Waals surface area contributed by atoms with Gasteiger partial charge in [-0.1, -0.05) is 38.1 Å². The summed E-state index contributed by atoms with van der Waals surface area (Å²) in [5.74, 6) is 1.14. The van der Waals surface area contributed by atoms with Crippen molar-refractivity contribution in [1.82, 2.24) is 4.90 Å². The van der Waals surface area contributed by atoms with E-state index in [2.05, 4.69) is 13.8 Å². The van der Waals surface area contributed by atoms with Crippen molar-refractivity contribution in [2.24, 2.45) is 5.92 Å². The van der Waals surface area contributed by atoms with E-state index in [1.807, 2.05) is 44.2 Å². The minimum Gasteiger partial charge on any atom is -0.494 e. The number of amides is 1. The summed E-state index contributed by atoms with van der Waals surface area (Å²) in [4.78, 5) is 28.7. The first kappa shape index (κ1) is 24.0. The van der Waals surface area contributed by atoms with Crippen LogP contribution in [0.3, 0.4) is 0 Å². The second-order valence-electron chi connectivity index (χ2n) is 9.45. The Kier molecular flexibility index (Phi) is 7.37. The van der Waals surface area contributed by atoms with Gasteiger partial charge in [0.2, 0.25) is 5.76 Å². The van der Waals surface area contributed by atoms with E-state index >= 15 is 0 Å². The Morgan fingerprint density at radius 1 is 1.00 bits per heavy atom. The molecular weight excluding hydrogens is 430 g/mol. The topological polar surface area (TPSA) is 69.0 Å². The first-order chi connectivity index (χ1) is 16.4. The summed E-state index contributed by atoms with van der Waals surface area (Å²) in [6.45, 7) is 9.89. The zero-order chi connectivity index (χ0) is 24.2. The van der Waals surface area contributed by atoms with Gasteiger partial charge in [0.05, 0.1) is 29.7 Å². The second kappa shape index (κ2) is 10.4. The lowest BCUT2D eigenvalue weighted by Crippen LogP contribution is -2.31. The Morgan fingerprint density at radius 3 is 2.56 bits per heavy atom. The number of nitrogens with zero attached hydrogens (tertiary/aromatic N) is 1. The maximum absolute atomic E-state index is 13.6. The smallest absolute Gasteiger partial charge is 0.290 e. The standard InChI is InChI=1S/C28H33NO5/c1-18(2)13-16-33-21-10-7-9-20(17-21)25-24-26(30)22-11-5-6-12-23(22)34-27(24)28(31)29(25)14-8-15-32-19(3)4/h5-7,9-12,17-19,25H,8,13-16H2,1-4H3/t25-/m0/s1. The number of hydrogen-bond acceptors (Lipinski definition) is 5. The van der Waals surface area contributed by atoms with Gasteiger partial charge in [-0.15, -0.1) is 0 Å². The molecule has 1 amide bonds. The molecule has 0 radical (unpaired) electrons. The number of carbonyl (C=O) groups is 1. The molecule has 1 aromatic heterocycles. The molecule has 6 nitrogen and oxygen atoms in total. The lowest BCUT2D eigenvalue weighted by molar-refractivity contribution is 0.0593. The van der Waals surface area contributed by atoms with E-state index in [1.165, 1.54) is 0 Å². The highest BCUT2D eigenvalue weighted by Gasteiger charge is 2.42. The van der Waals surface area contributed by atoms with Crippen molar-refractivity contribution in [3.05, 3.63) is 75.6 Å². The highest BCUT2D eigenvalue weighted by atomic mass is 16.5. The second-order valence-corrected chi connectivity index (χ2v) is 9.45. The quantitative estimate of drug-likeness (QED) is 0.367. The average molecular weight is 464 g/mol. The Hall–Kier alpha value is -3.12. The number of para-hydroxylation sites is 1. The van der Waals surface area contributed by atoms with Crippen molar-refractivity contribution in [3.8, 4) is 5.75 Å². The van der Waals surface area contributed by atoms with E-state index in [0.29, 0.717) is 48.6 Å². The highest BCUT2D eigenvalue weighted by molar-refractivity contribution is 5.99. The SMILES string of the molecule is CC(C)CCOc1cccc([C@H]2c3c(oc4ccccc4c3=O)C(=O)N2CCCOC(C)C)c1. The summed E-state index contributed by atoms with van der Waals surface area (Å²) in [5.41, 5.74) is 1.49. The molecule has 0 fully saturated rings. The van der Waals surface area contributed by atoms with Crippen LogP contribution in [0.25, 0.3) is 11.0 Å². The van der Waals surface area contributed by atoms with Crippen LogP contribution in [0.5, 0.6) is 5.75 Å². The first-order valence-electron chi connectivity index (χ1n) is 12.1. The summed E-state index contributed by atoms with van der Waals surface area (Å²) in [6.07, 6.45) is 1.73. The van der Waals surface area contributed by atoms with Crippen LogP contribution in [-0.4, -0.2) is 36.7 Å². The van der Waals surface area contributed by atoms with Crippen molar-refractivity contribution < 1.29 is 18.7 Å². The van der Waals surface area contributed by atoms with Crippen LogP contribution in [0.4, 0.5) is 0 Å². The number of hydrogen-bond donors (Lipinski definition) is 0. The summed E-state index contributed by atoms with van der Waals surface area (Å²) in [5, 5.41) is 0.480. The number of carbonyl (C=O) groups excluding carboxylic acids is 1. The lowest BCUT2D eigenvalue weighted by Gasteiger charge is -2.25. The van der Waals surface area contributed by atoms with Gasteiger partial charge in [-0.3, -0.25) is 9.59 Å². The number of fused-ring (bicyclic) bond motifs is 2. The fraction of sp³-hybridized carbons (Fsp3) is 0.429. The van der Waals surface area contributed by atoms with Crippen LogP contribution in [0.2, 0.25) is 0 Å². The highest BCUT2D eigenvalue weighted by Crippen LogP contribution is 2.39. The van der Waals surface area contributed by atoms with E-state index in [4.69, 9.17) is 13.9 Å². The Morgan fingerprint density at radius 2 is 1.79 bits per heavy atom. The average Bonchev–Trinajstić information content (AvgIpc) is 3.08. The Bertz CT molecular complexity index is 1210. The third-order valence-electron chi connectivity index (χ3n) is 6.01. The fourth-order valence-electron chi connectivity index (χ4n) is 4.29. The van der Waals surface area contributed by atoms with Crippen LogP contribution in [-0.2, 0) is 4.74 Å². The molecule has 2 aromatic carbocycles. The zero-order valence-corrected chi connectivity index (χ0v) is 20.4. The molecule has 2 heterocycles. The van der Waals surface area contributed by atoms with Gasteiger partial charge in [0, 0.05) is 13.2 Å². The molecule has 1 aliphatic heterocycles. The van der Waals surface area contributed by atoms with E-state index in [0.717, 1.165) is 17.7 Å². The molecule has 0 saturated heterocycles. The van der Waals surface area contributed by atoms with Gasteiger partial charge in [-0.2, -0.15) is 0 Å². The molecule has 6 heteroatoms. The van der Waals surface area contributed by atoms with Crippen LogP contribution in [0.15, 0.2) is 57.7 Å². The maximum Gasteiger partial charge on any atom is 0.290 e. The van der Waals surface area contributed by atoms with E-state index in [1.54, 1.807) is 23.1 Å². The summed E-state index contributed by atoms with van der Waals surface area (Å²) in [6, 6.07) is 14.2. The number of rotatable bonds is 10. The molecule has 1 atom stereocenters.